The van der Waals surface area contributed by atoms with Crippen LogP contribution in [0.15, 0.2) is 0 Å². The van der Waals surface area contributed by atoms with E-state index in [0.717, 1.165) is 51.4 Å². The molecule has 0 aromatic carbocycles. The number of hydrogen-bond acceptors (Lipinski definition) is 2. The van der Waals surface area contributed by atoms with Crippen LogP contribution in [0.5, 0.6) is 0 Å². The minimum atomic E-state index is -3.04. The van der Waals surface area contributed by atoms with E-state index in [4.69, 9.17) is 0 Å². The lowest BCUT2D eigenvalue weighted by molar-refractivity contribution is 0.484. The van der Waals surface area contributed by atoms with Gasteiger partial charge in [0.25, 0.3) is 0 Å². The Hall–Kier alpha value is -0.0500. The Morgan fingerprint density at radius 1 is 0.343 bits per heavy atom. The molecule has 0 radical (unpaired) electrons. The van der Waals surface area contributed by atoms with E-state index in [-0.39, 0.29) is 10.5 Å². The van der Waals surface area contributed by atoms with Gasteiger partial charge in [-0.1, -0.05) is 169 Å². The van der Waals surface area contributed by atoms with Gasteiger partial charge in [0.15, 0.2) is 9.84 Å². The van der Waals surface area contributed by atoms with Crippen LogP contribution in [0.4, 0.5) is 0 Å². The fourth-order valence-electron chi connectivity index (χ4n) is 5.47. The number of hydrogen-bond donors (Lipinski definition) is 0. The van der Waals surface area contributed by atoms with Gasteiger partial charge in [0.2, 0.25) is 0 Å². The third-order valence-electron chi connectivity index (χ3n) is 7.95. The summed E-state index contributed by atoms with van der Waals surface area (Å²) in [6, 6.07) is 0. The summed E-state index contributed by atoms with van der Waals surface area (Å²) in [5.74, 6) is 0. The van der Waals surface area contributed by atoms with E-state index < -0.39 is 9.84 Å². The molecule has 2 nitrogen and oxygen atoms in total. The van der Waals surface area contributed by atoms with Crippen molar-refractivity contribution in [2.45, 2.75) is 205 Å². The average Bonchev–Trinajstić information content (AvgIpc) is 2.85. The summed E-state index contributed by atoms with van der Waals surface area (Å²) >= 11 is 0. The Morgan fingerprint density at radius 3 is 0.800 bits per heavy atom. The van der Waals surface area contributed by atoms with E-state index in [1.807, 2.05) is 0 Å². The molecule has 0 aliphatic carbocycles. The fourth-order valence-corrected chi connectivity index (χ4v) is 8.00. The molecule has 2 unspecified atom stereocenters. The summed E-state index contributed by atoms with van der Waals surface area (Å²) in [7, 11) is -3.04. The van der Waals surface area contributed by atoms with Gasteiger partial charge in [0, 0.05) is 0 Å². The van der Waals surface area contributed by atoms with Crippen molar-refractivity contribution in [3.8, 4) is 0 Å². The molecule has 0 aromatic heterocycles. The number of sulfone groups is 1. The summed E-state index contributed by atoms with van der Waals surface area (Å²) in [5.41, 5.74) is 0. The monoisotopic (exact) mass is 514 g/mol. The predicted octanol–water partition coefficient (Wildman–Crippen LogP) is 11.4. The smallest absolute Gasteiger partial charge is 0.156 e. The van der Waals surface area contributed by atoms with Gasteiger partial charge >= 0.3 is 0 Å². The summed E-state index contributed by atoms with van der Waals surface area (Å²) in [6.07, 6.45) is 30.9. The summed E-state index contributed by atoms with van der Waals surface area (Å²) in [4.78, 5) is 0. The molecular weight excluding hydrogens is 448 g/mol. The normalized spacial score (nSPS) is 13.8. The van der Waals surface area contributed by atoms with Gasteiger partial charge in [0.05, 0.1) is 10.5 Å². The molecule has 0 saturated carbocycles. The van der Waals surface area contributed by atoms with Gasteiger partial charge in [-0.15, -0.1) is 0 Å². The van der Waals surface area contributed by atoms with E-state index in [2.05, 4.69) is 27.7 Å². The lowest BCUT2D eigenvalue weighted by atomic mass is 10.0. The standard InChI is InChI=1S/C32H66O2S/c1-5-9-13-17-19-21-25-29-31(27-23-15-11-7-3)35(33,34)32(28-24-16-12-8-4)30-26-22-20-18-14-10-6-2/h31-32H,5-30H2,1-4H3. The van der Waals surface area contributed by atoms with Gasteiger partial charge in [-0.25, -0.2) is 8.42 Å². The van der Waals surface area contributed by atoms with Crippen LogP contribution in [0.3, 0.4) is 0 Å². The highest BCUT2D eigenvalue weighted by Crippen LogP contribution is 2.28. The second kappa shape index (κ2) is 25.6. The third-order valence-corrected chi connectivity index (χ3v) is 10.7. The van der Waals surface area contributed by atoms with Crippen molar-refractivity contribution in [3.05, 3.63) is 0 Å². The Bertz CT molecular complexity index is 474. The maximum Gasteiger partial charge on any atom is 0.156 e. The van der Waals surface area contributed by atoms with Crippen LogP contribution < -0.4 is 0 Å². The largest absolute Gasteiger partial charge is 0.228 e. The third kappa shape index (κ3) is 19.7. The SMILES string of the molecule is CCCCCCCCCC(CCCCCC)S(=O)(=O)C(CCCCCC)CCCCCCCCC. The van der Waals surface area contributed by atoms with Crippen molar-refractivity contribution < 1.29 is 8.42 Å². The van der Waals surface area contributed by atoms with Crippen LogP contribution in [0, 0.1) is 0 Å². The molecule has 0 saturated heterocycles. The van der Waals surface area contributed by atoms with Gasteiger partial charge in [0.1, 0.15) is 0 Å². The van der Waals surface area contributed by atoms with Crippen LogP contribution in [-0.4, -0.2) is 18.9 Å². The van der Waals surface area contributed by atoms with Crippen LogP contribution in [0.25, 0.3) is 0 Å². The Labute approximate surface area is 223 Å². The maximum atomic E-state index is 14.0. The molecule has 0 aliphatic rings. The highest BCUT2D eigenvalue weighted by atomic mass is 32.2. The van der Waals surface area contributed by atoms with Gasteiger partial charge in [-0.3, -0.25) is 0 Å². The van der Waals surface area contributed by atoms with Crippen molar-refractivity contribution >= 4 is 9.84 Å². The van der Waals surface area contributed by atoms with Crippen molar-refractivity contribution in [1.29, 1.82) is 0 Å². The summed E-state index contributed by atoms with van der Waals surface area (Å²) in [5, 5.41) is -0.175. The van der Waals surface area contributed by atoms with Crippen molar-refractivity contribution in [2.24, 2.45) is 0 Å². The second-order valence-electron chi connectivity index (χ2n) is 11.4. The second-order valence-corrected chi connectivity index (χ2v) is 13.9. The van der Waals surface area contributed by atoms with E-state index in [0.29, 0.717) is 0 Å². The van der Waals surface area contributed by atoms with Crippen LogP contribution in [0.2, 0.25) is 0 Å². The first kappa shape index (κ1) is 35.0. The quantitative estimate of drug-likeness (QED) is 0.0972. The Kier molecular flexibility index (Phi) is 25.6. The lowest BCUT2D eigenvalue weighted by Crippen LogP contribution is -2.32. The summed E-state index contributed by atoms with van der Waals surface area (Å²) < 4.78 is 27.9. The van der Waals surface area contributed by atoms with Gasteiger partial charge in [-0.05, 0) is 25.7 Å². The predicted molar refractivity (Wildman–Crippen MR) is 159 cm³/mol. The topological polar surface area (TPSA) is 34.1 Å². The lowest BCUT2D eigenvalue weighted by Gasteiger charge is -2.25. The average molecular weight is 515 g/mol. The summed E-state index contributed by atoms with van der Waals surface area (Å²) in [6.45, 7) is 9.00. The van der Waals surface area contributed by atoms with Gasteiger partial charge in [-0.2, -0.15) is 0 Å². The maximum absolute atomic E-state index is 14.0. The van der Waals surface area contributed by atoms with Crippen molar-refractivity contribution in [1.82, 2.24) is 0 Å². The van der Waals surface area contributed by atoms with E-state index in [1.54, 1.807) is 0 Å². The molecule has 0 aromatic rings. The van der Waals surface area contributed by atoms with Crippen LogP contribution in [0.1, 0.15) is 195 Å². The van der Waals surface area contributed by atoms with Crippen molar-refractivity contribution in [2.75, 3.05) is 0 Å². The zero-order valence-electron chi connectivity index (χ0n) is 24.8. The number of unbranched alkanes of at least 4 members (excludes halogenated alkanes) is 18. The van der Waals surface area contributed by atoms with E-state index in [9.17, 15) is 8.42 Å². The molecule has 212 valence electrons. The minimum Gasteiger partial charge on any atom is -0.228 e. The molecule has 0 heterocycles. The molecule has 0 rings (SSSR count). The molecule has 0 fully saturated rings. The molecular formula is C32H66O2S. The molecule has 0 aliphatic heterocycles. The van der Waals surface area contributed by atoms with Gasteiger partial charge < -0.3 is 0 Å². The van der Waals surface area contributed by atoms with E-state index in [1.165, 1.54) is 116 Å². The minimum absolute atomic E-state index is 0.0873. The highest BCUT2D eigenvalue weighted by molar-refractivity contribution is 7.92. The zero-order chi connectivity index (χ0) is 26.0. The Morgan fingerprint density at radius 2 is 0.543 bits per heavy atom. The molecule has 35 heavy (non-hydrogen) atoms. The van der Waals surface area contributed by atoms with Crippen molar-refractivity contribution in [3.63, 3.8) is 0 Å². The first-order valence-corrected chi connectivity index (χ1v) is 17.9. The first-order valence-electron chi connectivity index (χ1n) is 16.3. The molecule has 3 heteroatoms. The molecule has 0 N–H and O–H groups in total. The Balaban J connectivity index is 4.96. The first-order chi connectivity index (χ1) is 17.0. The zero-order valence-corrected chi connectivity index (χ0v) is 25.6. The number of rotatable bonds is 28. The molecule has 0 bridgehead atoms. The molecule has 2 atom stereocenters. The molecule has 0 amide bonds. The van der Waals surface area contributed by atoms with Crippen LogP contribution >= 0.6 is 0 Å². The fraction of sp³-hybridized carbons (Fsp3) is 1.00. The highest BCUT2D eigenvalue weighted by Gasteiger charge is 2.32. The van der Waals surface area contributed by atoms with E-state index >= 15 is 0 Å². The molecule has 0 spiro atoms. The van der Waals surface area contributed by atoms with Crippen LogP contribution in [-0.2, 0) is 9.84 Å².